The number of nitrogens with one attached hydrogen (secondary N) is 1. The van der Waals surface area contributed by atoms with E-state index < -0.39 is 0 Å². The van der Waals surface area contributed by atoms with E-state index in [1.165, 1.54) is 22.3 Å². The Morgan fingerprint density at radius 1 is 1.05 bits per heavy atom. The first-order valence-electron chi connectivity index (χ1n) is 7.63. The molecule has 0 radical (unpaired) electrons. The molecule has 0 saturated carbocycles. The molecule has 0 aromatic heterocycles. The third-order valence-electron chi connectivity index (χ3n) is 4.06. The van der Waals surface area contributed by atoms with Crippen LogP contribution in [0, 0.1) is 13.8 Å². The van der Waals surface area contributed by atoms with Crippen LogP contribution in [0.5, 0.6) is 0 Å². The third-order valence-corrected chi connectivity index (χ3v) is 4.29. The van der Waals surface area contributed by atoms with Crippen molar-refractivity contribution in [3.8, 4) is 0 Å². The molecule has 2 rings (SSSR count). The molecule has 0 aliphatic heterocycles. The van der Waals surface area contributed by atoms with Gasteiger partial charge in [0.15, 0.2) is 0 Å². The van der Waals surface area contributed by atoms with Gasteiger partial charge in [-0.2, -0.15) is 0 Å². The van der Waals surface area contributed by atoms with Crippen LogP contribution in [0.3, 0.4) is 0 Å². The van der Waals surface area contributed by atoms with E-state index >= 15 is 0 Å². The molecule has 0 heterocycles. The second-order valence-electron chi connectivity index (χ2n) is 5.63. The van der Waals surface area contributed by atoms with Gasteiger partial charge in [-0.1, -0.05) is 48.9 Å². The molecule has 0 saturated heterocycles. The molecule has 112 valence electrons. The number of likely N-dealkylation sites (N-methyl/N-ethyl adjacent to an activating group) is 1. The summed E-state index contributed by atoms with van der Waals surface area (Å²) < 4.78 is 0. The second kappa shape index (κ2) is 7.63. The van der Waals surface area contributed by atoms with Crippen molar-refractivity contribution in [2.24, 2.45) is 0 Å². The summed E-state index contributed by atoms with van der Waals surface area (Å²) in [7, 11) is 0. The lowest BCUT2D eigenvalue weighted by molar-refractivity contribution is 0.593. The quantitative estimate of drug-likeness (QED) is 0.801. The molecule has 0 fully saturated rings. The van der Waals surface area contributed by atoms with Crippen molar-refractivity contribution in [1.29, 1.82) is 0 Å². The van der Waals surface area contributed by atoms with E-state index in [1.54, 1.807) is 0 Å². The molecule has 0 aliphatic rings. The van der Waals surface area contributed by atoms with E-state index in [-0.39, 0.29) is 0 Å². The van der Waals surface area contributed by atoms with Crippen molar-refractivity contribution in [2.75, 3.05) is 13.1 Å². The van der Waals surface area contributed by atoms with Gasteiger partial charge in [-0.25, -0.2) is 0 Å². The molecule has 1 N–H and O–H groups in total. The average molecular weight is 302 g/mol. The van der Waals surface area contributed by atoms with Crippen molar-refractivity contribution in [2.45, 2.75) is 33.1 Å². The Balaban J connectivity index is 2.28. The van der Waals surface area contributed by atoms with E-state index in [9.17, 15) is 0 Å². The molecular weight excluding hydrogens is 278 g/mol. The van der Waals surface area contributed by atoms with Crippen LogP contribution in [0.2, 0.25) is 5.02 Å². The minimum absolute atomic E-state index is 0.448. The molecular formula is C19H24ClN. The zero-order valence-electron chi connectivity index (χ0n) is 13.1. The second-order valence-corrected chi connectivity index (χ2v) is 6.07. The molecule has 2 aromatic rings. The van der Waals surface area contributed by atoms with E-state index in [2.05, 4.69) is 56.4 Å². The van der Waals surface area contributed by atoms with Crippen molar-refractivity contribution in [3.05, 3.63) is 69.7 Å². The minimum atomic E-state index is 0.448. The number of hydrogen-bond acceptors (Lipinski definition) is 1. The molecule has 1 atom stereocenters. The Morgan fingerprint density at radius 3 is 2.33 bits per heavy atom. The minimum Gasteiger partial charge on any atom is -0.316 e. The molecule has 0 aliphatic carbocycles. The van der Waals surface area contributed by atoms with Crippen LogP contribution < -0.4 is 5.32 Å². The smallest absolute Gasteiger partial charge is 0.0408 e. The summed E-state index contributed by atoms with van der Waals surface area (Å²) in [6.07, 6.45) is 1.05. The van der Waals surface area contributed by atoms with Crippen LogP contribution in [0.4, 0.5) is 0 Å². The van der Waals surface area contributed by atoms with Crippen molar-refractivity contribution < 1.29 is 0 Å². The fraction of sp³-hybridized carbons (Fsp3) is 0.368. The van der Waals surface area contributed by atoms with Crippen molar-refractivity contribution >= 4 is 11.6 Å². The van der Waals surface area contributed by atoms with Gasteiger partial charge in [0.05, 0.1) is 0 Å². The number of benzene rings is 2. The van der Waals surface area contributed by atoms with Gasteiger partial charge in [-0.3, -0.25) is 0 Å². The van der Waals surface area contributed by atoms with Crippen LogP contribution in [0.1, 0.15) is 35.1 Å². The van der Waals surface area contributed by atoms with Crippen LogP contribution in [-0.2, 0) is 6.42 Å². The Morgan fingerprint density at radius 2 is 1.71 bits per heavy atom. The summed E-state index contributed by atoms with van der Waals surface area (Å²) in [4.78, 5) is 0. The first-order valence-corrected chi connectivity index (χ1v) is 8.01. The largest absolute Gasteiger partial charge is 0.316 e. The Bertz CT molecular complexity index is 572. The first kappa shape index (κ1) is 16.1. The molecule has 0 bridgehead atoms. The van der Waals surface area contributed by atoms with Gasteiger partial charge < -0.3 is 5.32 Å². The van der Waals surface area contributed by atoms with Crippen LogP contribution in [0.25, 0.3) is 0 Å². The third kappa shape index (κ3) is 4.33. The van der Waals surface area contributed by atoms with Gasteiger partial charge in [0, 0.05) is 17.5 Å². The highest BCUT2D eigenvalue weighted by Gasteiger charge is 2.15. The molecule has 1 unspecified atom stereocenters. The maximum Gasteiger partial charge on any atom is 0.0408 e. The Hall–Kier alpha value is -1.31. The van der Waals surface area contributed by atoms with Gasteiger partial charge in [0.25, 0.3) is 0 Å². The Kier molecular flexibility index (Phi) is 5.84. The van der Waals surface area contributed by atoms with Gasteiger partial charge >= 0.3 is 0 Å². The van der Waals surface area contributed by atoms with Crippen LogP contribution in [-0.4, -0.2) is 13.1 Å². The predicted molar refractivity (Wildman–Crippen MR) is 92.4 cm³/mol. The van der Waals surface area contributed by atoms with Gasteiger partial charge in [0.1, 0.15) is 0 Å². The van der Waals surface area contributed by atoms with Gasteiger partial charge in [-0.15, -0.1) is 0 Å². The monoisotopic (exact) mass is 301 g/mol. The number of aryl methyl sites for hydroxylation is 2. The molecule has 21 heavy (non-hydrogen) atoms. The molecule has 2 aromatic carbocycles. The van der Waals surface area contributed by atoms with Crippen LogP contribution >= 0.6 is 11.6 Å². The zero-order chi connectivity index (χ0) is 15.2. The average Bonchev–Trinajstić information content (AvgIpc) is 2.46. The summed E-state index contributed by atoms with van der Waals surface area (Å²) in [6.45, 7) is 8.51. The number of hydrogen-bond donors (Lipinski definition) is 1. The van der Waals surface area contributed by atoms with Gasteiger partial charge in [0.2, 0.25) is 0 Å². The lowest BCUT2D eigenvalue weighted by atomic mass is 9.88. The normalized spacial score (nSPS) is 12.4. The molecule has 2 heteroatoms. The SMILES string of the molecule is CCNCC(Cc1c(C)cccc1C)c1cccc(Cl)c1. The lowest BCUT2D eigenvalue weighted by Gasteiger charge is -2.20. The number of rotatable bonds is 6. The maximum absolute atomic E-state index is 6.17. The van der Waals surface area contributed by atoms with Crippen LogP contribution in [0.15, 0.2) is 42.5 Å². The highest BCUT2D eigenvalue weighted by molar-refractivity contribution is 6.30. The number of halogens is 1. The summed E-state index contributed by atoms with van der Waals surface area (Å²) in [6, 6.07) is 14.8. The summed E-state index contributed by atoms with van der Waals surface area (Å²) in [5.74, 6) is 0.448. The molecule has 1 nitrogen and oxygen atoms in total. The fourth-order valence-electron chi connectivity index (χ4n) is 2.80. The van der Waals surface area contributed by atoms with Gasteiger partial charge in [-0.05, 0) is 61.2 Å². The first-order chi connectivity index (χ1) is 10.1. The van der Waals surface area contributed by atoms with Crippen molar-refractivity contribution in [3.63, 3.8) is 0 Å². The van der Waals surface area contributed by atoms with Crippen molar-refractivity contribution in [1.82, 2.24) is 5.32 Å². The predicted octanol–water partition coefficient (Wildman–Crippen LogP) is 4.89. The topological polar surface area (TPSA) is 12.0 Å². The van der Waals surface area contributed by atoms with E-state index in [1.807, 2.05) is 12.1 Å². The summed E-state index contributed by atoms with van der Waals surface area (Å²) in [5, 5.41) is 4.30. The van der Waals surface area contributed by atoms with E-state index in [0.717, 1.165) is 24.5 Å². The van der Waals surface area contributed by atoms with E-state index in [4.69, 9.17) is 11.6 Å². The maximum atomic E-state index is 6.17. The standard InChI is InChI=1S/C19H24ClN/c1-4-21-13-17(16-9-6-10-18(20)11-16)12-19-14(2)7-5-8-15(19)3/h5-11,17,21H,4,12-13H2,1-3H3. The fourth-order valence-corrected chi connectivity index (χ4v) is 3.00. The highest BCUT2D eigenvalue weighted by atomic mass is 35.5. The molecule has 0 amide bonds. The lowest BCUT2D eigenvalue weighted by Crippen LogP contribution is -2.23. The van der Waals surface area contributed by atoms with E-state index in [0.29, 0.717) is 5.92 Å². The Labute approximate surface area is 133 Å². The summed E-state index contributed by atoms with van der Waals surface area (Å²) in [5.41, 5.74) is 5.52. The highest BCUT2D eigenvalue weighted by Crippen LogP contribution is 2.26. The molecule has 0 spiro atoms. The zero-order valence-corrected chi connectivity index (χ0v) is 13.9. The summed E-state index contributed by atoms with van der Waals surface area (Å²) >= 11 is 6.17.